The molecule has 1 saturated heterocycles. The molecule has 0 aromatic heterocycles. The van der Waals surface area contributed by atoms with E-state index in [4.69, 9.17) is 23.7 Å². The molecule has 2 amide bonds. The topological polar surface area (TPSA) is 89.4 Å². The van der Waals surface area contributed by atoms with E-state index in [1.807, 2.05) is 6.92 Å². The largest absolute Gasteiger partial charge is 0.392 e. The Bertz CT molecular complexity index is 446. The highest BCUT2D eigenvalue weighted by Gasteiger charge is 2.49. The van der Waals surface area contributed by atoms with Crippen LogP contribution in [0.4, 0.5) is 0 Å². The number of carbonyl (C=O) groups excluding carboxylic acids is 2. The molecular formula is C14H23N3O2S. The molecule has 6 heteroatoms. The number of nitrogens with two attached hydrogens (primary N) is 2. The Morgan fingerprint density at radius 3 is 2.15 bits per heavy atom. The first-order chi connectivity index (χ1) is 9.32. The van der Waals surface area contributed by atoms with Gasteiger partial charge in [0.2, 0.25) is 11.8 Å². The Balaban J connectivity index is 2.18. The third kappa shape index (κ3) is 2.41. The first-order valence-electron chi connectivity index (χ1n) is 7.21. The molecule has 5 nitrogen and oxygen atoms in total. The average Bonchev–Trinajstić information content (AvgIpc) is 2.82. The van der Waals surface area contributed by atoms with Crippen molar-refractivity contribution >= 4 is 29.0 Å². The van der Waals surface area contributed by atoms with Crippen LogP contribution in [0.15, 0.2) is 0 Å². The first-order valence-corrected chi connectivity index (χ1v) is 7.62. The summed E-state index contributed by atoms with van der Waals surface area (Å²) in [5, 5.41) is 0. The molecule has 0 bridgehead atoms. The van der Waals surface area contributed by atoms with Crippen molar-refractivity contribution in [2.75, 3.05) is 13.1 Å². The molecule has 4 N–H and O–H groups in total. The van der Waals surface area contributed by atoms with E-state index in [0.29, 0.717) is 24.5 Å². The maximum absolute atomic E-state index is 12.9. The summed E-state index contributed by atoms with van der Waals surface area (Å²) in [5.41, 5.74) is 10.0. The summed E-state index contributed by atoms with van der Waals surface area (Å²) in [7, 11) is 0. The van der Waals surface area contributed by atoms with Crippen molar-refractivity contribution in [3.8, 4) is 0 Å². The van der Waals surface area contributed by atoms with Gasteiger partial charge in [0.1, 0.15) is 0 Å². The number of rotatable bonds is 3. The third-order valence-corrected chi connectivity index (χ3v) is 5.33. The van der Waals surface area contributed by atoms with Crippen LogP contribution >= 0.6 is 12.2 Å². The monoisotopic (exact) mass is 297 g/mol. The molecule has 2 fully saturated rings. The molecule has 1 heterocycles. The summed E-state index contributed by atoms with van der Waals surface area (Å²) in [6.07, 6.45) is 5.14. The molecule has 1 unspecified atom stereocenters. The fourth-order valence-corrected chi connectivity index (χ4v) is 3.65. The smallest absolute Gasteiger partial charge is 0.235 e. The Morgan fingerprint density at radius 2 is 1.70 bits per heavy atom. The van der Waals surface area contributed by atoms with Crippen LogP contribution in [0.1, 0.15) is 45.4 Å². The van der Waals surface area contributed by atoms with Gasteiger partial charge in [-0.1, -0.05) is 31.5 Å². The second kappa shape index (κ2) is 5.31. The van der Waals surface area contributed by atoms with Gasteiger partial charge in [0.25, 0.3) is 0 Å². The van der Waals surface area contributed by atoms with E-state index in [0.717, 1.165) is 32.1 Å². The van der Waals surface area contributed by atoms with Crippen molar-refractivity contribution in [3.05, 3.63) is 0 Å². The van der Waals surface area contributed by atoms with Gasteiger partial charge < -0.3 is 16.4 Å². The molecule has 2 rings (SSSR count). The number of amides is 2. The summed E-state index contributed by atoms with van der Waals surface area (Å²) >= 11 is 5.19. The summed E-state index contributed by atoms with van der Waals surface area (Å²) in [4.78, 5) is 26.4. The van der Waals surface area contributed by atoms with Gasteiger partial charge in [-0.05, 0) is 26.2 Å². The zero-order valence-corrected chi connectivity index (χ0v) is 12.8. The average molecular weight is 297 g/mol. The maximum Gasteiger partial charge on any atom is 0.235 e. The van der Waals surface area contributed by atoms with Crippen LogP contribution in [0.2, 0.25) is 0 Å². The van der Waals surface area contributed by atoms with Gasteiger partial charge in [-0.15, -0.1) is 0 Å². The molecule has 1 saturated carbocycles. The molecule has 1 aliphatic heterocycles. The standard InChI is InChI=1S/C14H23N3O2S/c1-13(10(15)18)7-8-17(9-13)12(19)14(11(16)20)5-3-2-4-6-14/h2-9H2,1H3,(H2,15,18)(H2,16,20). The van der Waals surface area contributed by atoms with Crippen molar-refractivity contribution in [3.63, 3.8) is 0 Å². The van der Waals surface area contributed by atoms with Gasteiger partial charge in [-0.2, -0.15) is 0 Å². The van der Waals surface area contributed by atoms with Gasteiger partial charge in [0, 0.05) is 13.1 Å². The SMILES string of the molecule is CC1(C(N)=O)CCN(C(=O)C2(C(N)=S)CCCCC2)C1. The number of likely N-dealkylation sites (tertiary alicyclic amines) is 1. The van der Waals surface area contributed by atoms with Crippen LogP contribution in [0, 0.1) is 10.8 Å². The zero-order chi connectivity index (χ0) is 15.0. The Morgan fingerprint density at radius 1 is 1.10 bits per heavy atom. The molecule has 0 aromatic rings. The molecule has 1 atom stereocenters. The lowest BCUT2D eigenvalue weighted by molar-refractivity contribution is -0.139. The predicted molar refractivity (Wildman–Crippen MR) is 80.8 cm³/mol. The molecule has 1 aliphatic carbocycles. The lowest BCUT2D eigenvalue weighted by Gasteiger charge is -2.38. The van der Waals surface area contributed by atoms with E-state index < -0.39 is 10.8 Å². The van der Waals surface area contributed by atoms with E-state index in [9.17, 15) is 9.59 Å². The number of thiocarbonyl (C=S) groups is 1. The Hall–Kier alpha value is -1.17. The molecule has 20 heavy (non-hydrogen) atoms. The fourth-order valence-electron chi connectivity index (χ4n) is 3.36. The van der Waals surface area contributed by atoms with Crippen LogP contribution in [0.3, 0.4) is 0 Å². The summed E-state index contributed by atoms with van der Waals surface area (Å²) < 4.78 is 0. The van der Waals surface area contributed by atoms with Crippen LogP contribution in [-0.2, 0) is 9.59 Å². The van der Waals surface area contributed by atoms with Gasteiger partial charge in [-0.3, -0.25) is 9.59 Å². The van der Waals surface area contributed by atoms with Crippen LogP contribution in [0.25, 0.3) is 0 Å². The van der Waals surface area contributed by atoms with Crippen molar-refractivity contribution in [1.82, 2.24) is 4.90 Å². The van der Waals surface area contributed by atoms with Crippen molar-refractivity contribution in [2.24, 2.45) is 22.3 Å². The highest BCUT2D eigenvalue weighted by molar-refractivity contribution is 7.80. The highest BCUT2D eigenvalue weighted by Crippen LogP contribution is 2.41. The van der Waals surface area contributed by atoms with Gasteiger partial charge in [0.15, 0.2) is 0 Å². The van der Waals surface area contributed by atoms with Crippen LogP contribution in [-0.4, -0.2) is 34.8 Å². The molecule has 2 aliphatic rings. The van der Waals surface area contributed by atoms with E-state index in [-0.39, 0.29) is 11.8 Å². The molecule has 112 valence electrons. The summed E-state index contributed by atoms with van der Waals surface area (Å²) in [6, 6.07) is 0. The number of nitrogens with zero attached hydrogens (tertiary/aromatic N) is 1. The summed E-state index contributed by atoms with van der Waals surface area (Å²) in [5.74, 6) is -0.351. The lowest BCUT2D eigenvalue weighted by Crippen LogP contribution is -2.51. The number of carbonyl (C=O) groups is 2. The van der Waals surface area contributed by atoms with Crippen molar-refractivity contribution in [2.45, 2.75) is 45.4 Å². The lowest BCUT2D eigenvalue weighted by atomic mass is 9.73. The normalized spacial score (nSPS) is 29.1. The number of hydrogen-bond acceptors (Lipinski definition) is 3. The second-order valence-electron chi connectivity index (χ2n) is 6.41. The number of primary amides is 1. The van der Waals surface area contributed by atoms with E-state index in [1.54, 1.807) is 4.90 Å². The van der Waals surface area contributed by atoms with Crippen molar-refractivity contribution in [1.29, 1.82) is 0 Å². The second-order valence-corrected chi connectivity index (χ2v) is 6.85. The molecule has 0 radical (unpaired) electrons. The van der Waals surface area contributed by atoms with E-state index >= 15 is 0 Å². The van der Waals surface area contributed by atoms with Crippen LogP contribution in [0.5, 0.6) is 0 Å². The molecule has 0 spiro atoms. The van der Waals surface area contributed by atoms with Gasteiger partial charge >= 0.3 is 0 Å². The zero-order valence-electron chi connectivity index (χ0n) is 12.0. The van der Waals surface area contributed by atoms with Crippen molar-refractivity contribution < 1.29 is 9.59 Å². The van der Waals surface area contributed by atoms with E-state index in [1.165, 1.54) is 0 Å². The van der Waals surface area contributed by atoms with Crippen LogP contribution < -0.4 is 11.5 Å². The Kier molecular flexibility index (Phi) is 4.04. The minimum atomic E-state index is -0.698. The third-order valence-electron chi connectivity index (χ3n) is 4.94. The maximum atomic E-state index is 12.9. The van der Waals surface area contributed by atoms with Gasteiger partial charge in [0.05, 0.1) is 15.8 Å². The number of hydrogen-bond donors (Lipinski definition) is 2. The highest BCUT2D eigenvalue weighted by atomic mass is 32.1. The van der Waals surface area contributed by atoms with E-state index in [2.05, 4.69) is 0 Å². The minimum absolute atomic E-state index is 0.00493. The summed E-state index contributed by atoms with van der Waals surface area (Å²) in [6.45, 7) is 2.76. The molecular weight excluding hydrogens is 274 g/mol. The Labute approximate surface area is 125 Å². The quantitative estimate of drug-likeness (QED) is 0.759. The molecule has 0 aromatic carbocycles. The minimum Gasteiger partial charge on any atom is -0.392 e. The first kappa shape index (κ1) is 15.2. The fraction of sp³-hybridized carbons (Fsp3) is 0.786. The van der Waals surface area contributed by atoms with Gasteiger partial charge in [-0.25, -0.2) is 0 Å². The predicted octanol–water partition coefficient (Wildman–Crippen LogP) is 0.947.